The average Bonchev–Trinajstić information content (AvgIpc) is 2.87. The number of thiophene rings is 1. The molecule has 0 atom stereocenters. The lowest BCUT2D eigenvalue weighted by molar-refractivity contribution is 0.0951. The van der Waals surface area contributed by atoms with Crippen LogP contribution >= 0.6 is 22.9 Å². The van der Waals surface area contributed by atoms with Crippen molar-refractivity contribution in [2.75, 3.05) is 5.73 Å². The summed E-state index contributed by atoms with van der Waals surface area (Å²) in [6.07, 6.45) is 1.02. The Morgan fingerprint density at radius 2 is 2.05 bits per heavy atom. The third-order valence-electron chi connectivity index (χ3n) is 2.75. The molecule has 0 aliphatic heterocycles. The van der Waals surface area contributed by atoms with Crippen molar-refractivity contribution in [1.82, 2.24) is 5.32 Å². The Morgan fingerprint density at radius 3 is 2.68 bits per heavy atom. The smallest absolute Gasteiger partial charge is 0.251 e. The Balaban J connectivity index is 1.99. The molecule has 5 heteroatoms. The number of hydrogen-bond acceptors (Lipinski definition) is 3. The molecule has 2 rings (SSSR count). The zero-order valence-corrected chi connectivity index (χ0v) is 12.1. The second-order valence-corrected chi connectivity index (χ2v) is 5.80. The summed E-state index contributed by atoms with van der Waals surface area (Å²) in [6.45, 7) is 2.65. The van der Waals surface area contributed by atoms with E-state index in [-0.39, 0.29) is 5.91 Å². The van der Waals surface area contributed by atoms with E-state index < -0.39 is 0 Å². The number of benzene rings is 1. The van der Waals surface area contributed by atoms with Gasteiger partial charge in [0.1, 0.15) is 0 Å². The van der Waals surface area contributed by atoms with Gasteiger partial charge in [-0.05, 0) is 36.8 Å². The molecule has 1 heterocycles. The Bertz CT molecular complexity index is 595. The molecular weight excluding hydrogens is 280 g/mol. The van der Waals surface area contributed by atoms with Gasteiger partial charge in [-0.3, -0.25) is 4.79 Å². The lowest BCUT2D eigenvalue weighted by atomic mass is 10.2. The molecule has 1 amide bonds. The number of carbonyl (C=O) groups excluding carboxylic acids is 1. The molecular formula is C14H15ClN2OS. The highest BCUT2D eigenvalue weighted by molar-refractivity contribution is 7.11. The van der Waals surface area contributed by atoms with Gasteiger partial charge >= 0.3 is 0 Å². The van der Waals surface area contributed by atoms with Crippen LogP contribution in [0.4, 0.5) is 5.69 Å². The van der Waals surface area contributed by atoms with E-state index in [1.54, 1.807) is 29.5 Å². The van der Waals surface area contributed by atoms with Crippen LogP contribution in [0, 0.1) is 0 Å². The zero-order chi connectivity index (χ0) is 13.8. The van der Waals surface area contributed by atoms with Gasteiger partial charge in [-0.1, -0.05) is 18.5 Å². The molecule has 0 spiro atoms. The average molecular weight is 295 g/mol. The zero-order valence-electron chi connectivity index (χ0n) is 10.6. The number of nitrogens with one attached hydrogen (secondary N) is 1. The molecule has 0 aliphatic carbocycles. The normalized spacial score (nSPS) is 10.4. The van der Waals surface area contributed by atoms with Crippen molar-refractivity contribution in [2.24, 2.45) is 0 Å². The lowest BCUT2D eigenvalue weighted by Gasteiger charge is -2.05. The fourth-order valence-electron chi connectivity index (χ4n) is 1.65. The Labute approximate surface area is 121 Å². The molecule has 0 aliphatic rings. The van der Waals surface area contributed by atoms with Gasteiger partial charge in [-0.15, -0.1) is 11.3 Å². The molecule has 3 N–H and O–H groups in total. The fourth-order valence-corrected chi connectivity index (χ4v) is 2.72. The van der Waals surface area contributed by atoms with Crippen molar-refractivity contribution in [3.63, 3.8) is 0 Å². The third-order valence-corrected chi connectivity index (χ3v) is 4.31. The summed E-state index contributed by atoms with van der Waals surface area (Å²) in [6, 6.07) is 9.02. The maximum atomic E-state index is 12.0. The van der Waals surface area contributed by atoms with E-state index in [1.807, 2.05) is 6.07 Å². The summed E-state index contributed by atoms with van der Waals surface area (Å²) < 4.78 is 0. The summed E-state index contributed by atoms with van der Waals surface area (Å²) in [5, 5.41) is 3.27. The number of amides is 1. The van der Waals surface area contributed by atoms with Crippen LogP contribution in [0.15, 0.2) is 30.3 Å². The van der Waals surface area contributed by atoms with Crippen LogP contribution in [0.3, 0.4) is 0 Å². The molecule has 0 bridgehead atoms. The standard InChI is InChI=1S/C14H15ClN2OS/c1-2-10-4-5-11(19-10)8-17-14(18)9-3-6-13(16)12(15)7-9/h3-7H,2,8,16H2,1H3,(H,17,18). The lowest BCUT2D eigenvalue weighted by Crippen LogP contribution is -2.22. The Morgan fingerprint density at radius 1 is 1.32 bits per heavy atom. The maximum Gasteiger partial charge on any atom is 0.251 e. The molecule has 0 saturated heterocycles. The van der Waals surface area contributed by atoms with Crippen LogP contribution in [0.2, 0.25) is 5.02 Å². The van der Waals surface area contributed by atoms with Gasteiger partial charge in [-0.2, -0.15) is 0 Å². The van der Waals surface area contributed by atoms with Gasteiger partial charge < -0.3 is 11.1 Å². The van der Waals surface area contributed by atoms with Gasteiger partial charge in [0, 0.05) is 15.3 Å². The Kier molecular flexibility index (Phi) is 4.45. The number of rotatable bonds is 4. The molecule has 3 nitrogen and oxygen atoms in total. The van der Waals surface area contributed by atoms with Crippen molar-refractivity contribution in [2.45, 2.75) is 19.9 Å². The topological polar surface area (TPSA) is 55.1 Å². The monoisotopic (exact) mass is 294 g/mol. The minimum Gasteiger partial charge on any atom is -0.398 e. The highest BCUT2D eigenvalue weighted by Crippen LogP contribution is 2.20. The molecule has 0 unspecified atom stereocenters. The molecule has 19 heavy (non-hydrogen) atoms. The van der Waals surface area contributed by atoms with E-state index in [1.165, 1.54) is 4.88 Å². The first kappa shape index (κ1) is 13.9. The minimum absolute atomic E-state index is 0.145. The van der Waals surface area contributed by atoms with Gasteiger partial charge in [0.05, 0.1) is 17.3 Å². The van der Waals surface area contributed by atoms with Crippen molar-refractivity contribution >= 4 is 34.5 Å². The number of halogens is 1. The molecule has 0 fully saturated rings. The minimum atomic E-state index is -0.145. The van der Waals surface area contributed by atoms with Gasteiger partial charge in [0.25, 0.3) is 5.91 Å². The number of aryl methyl sites for hydroxylation is 1. The van der Waals surface area contributed by atoms with Crippen molar-refractivity contribution in [3.05, 3.63) is 50.7 Å². The Hall–Kier alpha value is -1.52. The molecule has 100 valence electrons. The number of carbonyl (C=O) groups is 1. The summed E-state index contributed by atoms with van der Waals surface area (Å²) in [5.74, 6) is -0.145. The van der Waals surface area contributed by atoms with Crippen LogP contribution in [0.5, 0.6) is 0 Å². The van der Waals surface area contributed by atoms with Crippen molar-refractivity contribution in [1.29, 1.82) is 0 Å². The maximum absolute atomic E-state index is 12.0. The van der Waals surface area contributed by atoms with E-state index in [4.69, 9.17) is 17.3 Å². The van der Waals surface area contributed by atoms with Gasteiger partial charge in [-0.25, -0.2) is 0 Å². The first-order valence-electron chi connectivity index (χ1n) is 6.01. The van der Waals surface area contributed by atoms with Crippen LogP contribution in [0.1, 0.15) is 27.0 Å². The molecule has 0 saturated carbocycles. The molecule has 1 aromatic carbocycles. The van der Waals surface area contributed by atoms with Crippen molar-refractivity contribution in [3.8, 4) is 0 Å². The van der Waals surface area contributed by atoms with E-state index in [2.05, 4.69) is 18.3 Å². The largest absolute Gasteiger partial charge is 0.398 e. The molecule has 1 aromatic heterocycles. The summed E-state index contributed by atoms with van der Waals surface area (Å²) >= 11 is 7.61. The SMILES string of the molecule is CCc1ccc(CNC(=O)c2ccc(N)c(Cl)c2)s1. The molecule has 2 aromatic rings. The second kappa shape index (κ2) is 6.08. The second-order valence-electron chi connectivity index (χ2n) is 4.14. The van der Waals surface area contributed by atoms with Crippen molar-refractivity contribution < 1.29 is 4.79 Å². The van der Waals surface area contributed by atoms with Gasteiger partial charge in [0.2, 0.25) is 0 Å². The van der Waals surface area contributed by atoms with E-state index in [0.717, 1.165) is 11.3 Å². The van der Waals surface area contributed by atoms with Crippen LogP contribution in [-0.4, -0.2) is 5.91 Å². The first-order chi connectivity index (χ1) is 9.10. The van der Waals surface area contributed by atoms with E-state index in [0.29, 0.717) is 22.8 Å². The van der Waals surface area contributed by atoms with E-state index in [9.17, 15) is 4.79 Å². The number of anilines is 1. The summed E-state index contributed by atoms with van der Waals surface area (Å²) in [7, 11) is 0. The fraction of sp³-hybridized carbons (Fsp3) is 0.214. The summed E-state index contributed by atoms with van der Waals surface area (Å²) in [5.41, 5.74) is 6.61. The number of nitrogen functional groups attached to an aromatic ring is 1. The third kappa shape index (κ3) is 3.49. The van der Waals surface area contributed by atoms with Crippen LogP contribution in [-0.2, 0) is 13.0 Å². The molecule has 0 radical (unpaired) electrons. The summed E-state index contributed by atoms with van der Waals surface area (Å²) in [4.78, 5) is 14.4. The predicted molar refractivity (Wildman–Crippen MR) is 80.7 cm³/mol. The number of hydrogen-bond donors (Lipinski definition) is 2. The van der Waals surface area contributed by atoms with Crippen LogP contribution < -0.4 is 11.1 Å². The predicted octanol–water partition coefficient (Wildman–Crippen LogP) is 3.48. The highest BCUT2D eigenvalue weighted by atomic mass is 35.5. The highest BCUT2D eigenvalue weighted by Gasteiger charge is 2.08. The quantitative estimate of drug-likeness (QED) is 0.848. The first-order valence-corrected chi connectivity index (χ1v) is 7.20. The van der Waals surface area contributed by atoms with E-state index >= 15 is 0 Å². The van der Waals surface area contributed by atoms with Gasteiger partial charge in [0.15, 0.2) is 0 Å². The van der Waals surface area contributed by atoms with Crippen LogP contribution in [0.25, 0.3) is 0 Å². The number of nitrogens with two attached hydrogens (primary N) is 1.